The van der Waals surface area contributed by atoms with Crippen LogP contribution in [0.4, 0.5) is 0 Å². The molecular formula is C15H32N2. The predicted octanol–water partition coefficient (Wildman–Crippen LogP) is 3.13. The van der Waals surface area contributed by atoms with Gasteiger partial charge in [-0.15, -0.1) is 0 Å². The summed E-state index contributed by atoms with van der Waals surface area (Å²) in [6, 6.07) is 1.46. The van der Waals surface area contributed by atoms with E-state index >= 15 is 0 Å². The summed E-state index contributed by atoms with van der Waals surface area (Å²) in [6.45, 7) is 8.20. The van der Waals surface area contributed by atoms with Crippen LogP contribution >= 0.6 is 0 Å². The van der Waals surface area contributed by atoms with Gasteiger partial charge in [-0.1, -0.05) is 40.0 Å². The van der Waals surface area contributed by atoms with E-state index in [0.717, 1.165) is 24.4 Å². The van der Waals surface area contributed by atoms with Gasteiger partial charge in [0.05, 0.1) is 0 Å². The lowest BCUT2D eigenvalue weighted by molar-refractivity contribution is 0.186. The highest BCUT2D eigenvalue weighted by Crippen LogP contribution is 2.25. The van der Waals surface area contributed by atoms with Crippen LogP contribution in [-0.4, -0.2) is 37.6 Å². The highest BCUT2D eigenvalue weighted by atomic mass is 15.1. The highest BCUT2D eigenvalue weighted by Gasteiger charge is 2.26. The van der Waals surface area contributed by atoms with Crippen molar-refractivity contribution >= 4 is 0 Å². The molecule has 17 heavy (non-hydrogen) atoms. The average molecular weight is 240 g/mol. The lowest BCUT2D eigenvalue weighted by Crippen LogP contribution is -2.46. The van der Waals surface area contributed by atoms with Crippen molar-refractivity contribution < 1.29 is 0 Å². The van der Waals surface area contributed by atoms with E-state index in [1.165, 1.54) is 32.1 Å². The number of likely N-dealkylation sites (N-methyl/N-ethyl adjacent to an activating group) is 1. The molecule has 1 fully saturated rings. The molecule has 0 aromatic carbocycles. The summed E-state index contributed by atoms with van der Waals surface area (Å²) >= 11 is 0. The molecule has 0 spiro atoms. The highest BCUT2D eigenvalue weighted by molar-refractivity contribution is 4.84. The van der Waals surface area contributed by atoms with E-state index in [9.17, 15) is 0 Å². The minimum absolute atomic E-state index is 0.692. The molecule has 0 aromatic heterocycles. The van der Waals surface area contributed by atoms with E-state index < -0.39 is 0 Å². The Morgan fingerprint density at radius 1 is 1.18 bits per heavy atom. The van der Waals surface area contributed by atoms with E-state index in [1.54, 1.807) is 0 Å². The van der Waals surface area contributed by atoms with Gasteiger partial charge in [-0.3, -0.25) is 0 Å². The maximum atomic E-state index is 3.82. The number of nitrogens with one attached hydrogen (secondary N) is 1. The zero-order chi connectivity index (χ0) is 12.8. The first kappa shape index (κ1) is 15.0. The van der Waals surface area contributed by atoms with Crippen LogP contribution in [0.25, 0.3) is 0 Å². The van der Waals surface area contributed by atoms with Gasteiger partial charge < -0.3 is 10.2 Å². The number of nitrogens with zero attached hydrogens (tertiary/aromatic N) is 1. The zero-order valence-electron chi connectivity index (χ0n) is 12.5. The van der Waals surface area contributed by atoms with Crippen LogP contribution in [-0.2, 0) is 0 Å². The number of rotatable bonds is 7. The summed E-state index contributed by atoms with van der Waals surface area (Å²) in [6.07, 6.45) is 6.79. The first-order chi connectivity index (χ1) is 8.10. The van der Waals surface area contributed by atoms with Crippen molar-refractivity contribution in [3.63, 3.8) is 0 Å². The summed E-state index contributed by atoms with van der Waals surface area (Å²) in [5.41, 5.74) is 0. The molecule has 1 aliphatic rings. The maximum absolute atomic E-state index is 3.82. The fourth-order valence-corrected chi connectivity index (χ4v) is 3.32. The van der Waals surface area contributed by atoms with Gasteiger partial charge in [-0.05, 0) is 38.8 Å². The van der Waals surface area contributed by atoms with Crippen LogP contribution in [0.1, 0.15) is 52.9 Å². The summed E-state index contributed by atoms with van der Waals surface area (Å²) in [7, 11) is 4.45. The third-order valence-corrected chi connectivity index (χ3v) is 4.71. The van der Waals surface area contributed by atoms with Crippen molar-refractivity contribution in [2.75, 3.05) is 20.6 Å². The molecular weight excluding hydrogens is 208 g/mol. The second kappa shape index (κ2) is 7.38. The van der Waals surface area contributed by atoms with E-state index in [4.69, 9.17) is 0 Å². The Hall–Kier alpha value is -0.0800. The fraction of sp³-hybridized carbons (Fsp3) is 1.00. The van der Waals surface area contributed by atoms with Gasteiger partial charge in [0.15, 0.2) is 0 Å². The van der Waals surface area contributed by atoms with E-state index in [1.807, 2.05) is 0 Å². The quantitative estimate of drug-likeness (QED) is 0.735. The van der Waals surface area contributed by atoms with Gasteiger partial charge in [0.25, 0.3) is 0 Å². The van der Waals surface area contributed by atoms with Crippen molar-refractivity contribution in [3.8, 4) is 0 Å². The van der Waals surface area contributed by atoms with Crippen LogP contribution in [0.2, 0.25) is 0 Å². The third kappa shape index (κ3) is 4.26. The molecule has 1 saturated carbocycles. The van der Waals surface area contributed by atoms with Crippen molar-refractivity contribution in [3.05, 3.63) is 0 Å². The lowest BCUT2D eigenvalue weighted by atomic mass is 9.92. The molecule has 2 nitrogen and oxygen atoms in total. The van der Waals surface area contributed by atoms with Crippen molar-refractivity contribution in [2.24, 2.45) is 11.8 Å². The first-order valence-corrected chi connectivity index (χ1v) is 7.49. The molecule has 1 N–H and O–H groups in total. The van der Waals surface area contributed by atoms with Gasteiger partial charge in [0.2, 0.25) is 0 Å². The second-order valence-electron chi connectivity index (χ2n) is 6.03. The smallest absolute Gasteiger partial charge is 0.0242 e. The molecule has 1 rings (SSSR count). The molecule has 0 heterocycles. The summed E-state index contributed by atoms with van der Waals surface area (Å²) in [5, 5.41) is 3.82. The van der Waals surface area contributed by atoms with Crippen LogP contribution < -0.4 is 5.32 Å². The molecule has 3 unspecified atom stereocenters. The van der Waals surface area contributed by atoms with Crippen molar-refractivity contribution in [1.29, 1.82) is 0 Å². The van der Waals surface area contributed by atoms with Crippen LogP contribution in [0.5, 0.6) is 0 Å². The van der Waals surface area contributed by atoms with E-state index in [-0.39, 0.29) is 0 Å². The minimum Gasteiger partial charge on any atom is -0.312 e. The van der Waals surface area contributed by atoms with Gasteiger partial charge in [-0.2, -0.15) is 0 Å². The average Bonchev–Trinajstić information content (AvgIpc) is 2.70. The minimum atomic E-state index is 0.692. The Labute approximate surface area is 108 Å². The number of hydrogen-bond acceptors (Lipinski definition) is 2. The number of hydrogen-bond donors (Lipinski definition) is 1. The topological polar surface area (TPSA) is 15.3 Å². The third-order valence-electron chi connectivity index (χ3n) is 4.71. The fourth-order valence-electron chi connectivity index (χ4n) is 3.32. The molecule has 0 radical (unpaired) electrons. The summed E-state index contributed by atoms with van der Waals surface area (Å²) in [5.74, 6) is 1.70. The Kier molecular flexibility index (Phi) is 6.50. The van der Waals surface area contributed by atoms with Gasteiger partial charge in [0.1, 0.15) is 0 Å². The maximum Gasteiger partial charge on any atom is 0.0242 e. The van der Waals surface area contributed by atoms with Gasteiger partial charge >= 0.3 is 0 Å². The van der Waals surface area contributed by atoms with Gasteiger partial charge in [-0.25, -0.2) is 0 Å². The standard InChI is InChI=1S/C15H32N2/c1-6-13(7-2)15(17(4)5)11-16-14-10-8-9-12(14)3/h12-16H,6-11H2,1-5H3. The Bertz CT molecular complexity index is 199. The molecule has 0 aromatic rings. The molecule has 0 bridgehead atoms. The molecule has 102 valence electrons. The Morgan fingerprint density at radius 3 is 2.24 bits per heavy atom. The molecule has 0 aliphatic heterocycles. The van der Waals surface area contributed by atoms with Crippen molar-refractivity contribution in [2.45, 2.75) is 65.0 Å². The SMILES string of the molecule is CCC(CC)C(CNC1CCCC1C)N(C)C. The lowest BCUT2D eigenvalue weighted by Gasteiger charge is -2.33. The van der Waals surface area contributed by atoms with E-state index in [0.29, 0.717) is 6.04 Å². The summed E-state index contributed by atoms with van der Waals surface area (Å²) in [4.78, 5) is 2.41. The van der Waals surface area contributed by atoms with Crippen molar-refractivity contribution in [1.82, 2.24) is 10.2 Å². The summed E-state index contributed by atoms with van der Waals surface area (Å²) < 4.78 is 0. The monoisotopic (exact) mass is 240 g/mol. The Balaban J connectivity index is 2.43. The molecule has 1 aliphatic carbocycles. The normalized spacial score (nSPS) is 27.0. The largest absolute Gasteiger partial charge is 0.312 e. The molecule has 3 atom stereocenters. The zero-order valence-corrected chi connectivity index (χ0v) is 12.5. The molecule has 0 saturated heterocycles. The molecule has 2 heteroatoms. The van der Waals surface area contributed by atoms with Gasteiger partial charge in [0, 0.05) is 18.6 Å². The first-order valence-electron chi connectivity index (χ1n) is 7.49. The van der Waals surface area contributed by atoms with E-state index in [2.05, 4.69) is 45.1 Å². The Morgan fingerprint density at radius 2 is 1.82 bits per heavy atom. The van der Waals surface area contributed by atoms with Crippen LogP contribution in [0.15, 0.2) is 0 Å². The van der Waals surface area contributed by atoms with Crippen LogP contribution in [0, 0.1) is 11.8 Å². The second-order valence-corrected chi connectivity index (χ2v) is 6.03. The predicted molar refractivity (Wildman–Crippen MR) is 76.4 cm³/mol. The van der Waals surface area contributed by atoms with Crippen LogP contribution in [0.3, 0.4) is 0 Å². The molecule has 0 amide bonds.